The molecule has 0 N–H and O–H groups in total. The molecule has 0 bridgehead atoms. The number of pyridine rings is 1. The van der Waals surface area contributed by atoms with Gasteiger partial charge in [-0.1, -0.05) is 0 Å². The van der Waals surface area contributed by atoms with Gasteiger partial charge in [0.05, 0.1) is 18.5 Å². The molecule has 2 aromatic heterocycles. The molecular formula is C14H18N4O2. The van der Waals surface area contributed by atoms with E-state index < -0.39 is 0 Å². The van der Waals surface area contributed by atoms with Gasteiger partial charge in [0.2, 0.25) is 0 Å². The minimum Gasteiger partial charge on any atom is -0.465 e. The van der Waals surface area contributed by atoms with E-state index >= 15 is 0 Å². The maximum Gasteiger partial charge on any atom is 0.325 e. The smallest absolute Gasteiger partial charge is 0.325 e. The molecule has 2 aromatic rings. The van der Waals surface area contributed by atoms with Crippen molar-refractivity contribution in [3.63, 3.8) is 0 Å². The summed E-state index contributed by atoms with van der Waals surface area (Å²) in [5.74, 6) is 0.563. The van der Waals surface area contributed by atoms with Gasteiger partial charge in [0.15, 0.2) is 5.82 Å². The maximum absolute atomic E-state index is 11.8. The number of nitrogens with zero attached hydrogens (tertiary/aromatic N) is 4. The zero-order chi connectivity index (χ0) is 14.1. The molecule has 20 heavy (non-hydrogen) atoms. The topological polar surface area (TPSA) is 60.2 Å². The number of aryl methyl sites for hydroxylation is 1. The van der Waals surface area contributed by atoms with Crippen molar-refractivity contribution >= 4 is 22.8 Å². The maximum atomic E-state index is 11.8. The van der Waals surface area contributed by atoms with Crippen LogP contribution in [0.1, 0.15) is 19.8 Å². The molecule has 1 aliphatic rings. The second-order valence-electron chi connectivity index (χ2n) is 5.02. The Morgan fingerprint density at radius 2 is 2.30 bits per heavy atom. The highest BCUT2D eigenvalue weighted by Gasteiger charge is 2.33. The number of anilines is 1. The number of carbonyl (C=O) groups is 1. The summed E-state index contributed by atoms with van der Waals surface area (Å²) in [6.45, 7) is 2.46. The van der Waals surface area contributed by atoms with Gasteiger partial charge in [-0.05, 0) is 25.8 Å². The van der Waals surface area contributed by atoms with Crippen molar-refractivity contribution < 1.29 is 9.53 Å². The zero-order valence-corrected chi connectivity index (χ0v) is 11.7. The van der Waals surface area contributed by atoms with Crippen molar-refractivity contribution in [2.75, 3.05) is 18.1 Å². The van der Waals surface area contributed by atoms with Crippen molar-refractivity contribution in [1.29, 1.82) is 0 Å². The third-order valence-corrected chi connectivity index (χ3v) is 3.49. The lowest BCUT2D eigenvalue weighted by molar-refractivity contribution is -0.141. The van der Waals surface area contributed by atoms with Crippen molar-refractivity contribution in [3.8, 4) is 0 Å². The molecule has 1 aliphatic carbocycles. The average Bonchev–Trinajstić information content (AvgIpc) is 3.21. The number of imidazole rings is 1. The first-order valence-corrected chi connectivity index (χ1v) is 6.89. The molecule has 106 valence electrons. The standard InChI is InChI=1S/C14H18N4O2/c1-3-20-12(19)8-18(10-4-5-10)14-13-11(6-7-15-14)17(2)9-16-13/h6-7,9-10H,3-5,8H2,1-2H3. The van der Waals surface area contributed by atoms with Crippen molar-refractivity contribution in [2.24, 2.45) is 7.05 Å². The second-order valence-corrected chi connectivity index (χ2v) is 5.02. The van der Waals surface area contributed by atoms with E-state index in [1.807, 2.05) is 29.5 Å². The van der Waals surface area contributed by atoms with Crippen molar-refractivity contribution in [3.05, 3.63) is 18.6 Å². The Labute approximate surface area is 117 Å². The quantitative estimate of drug-likeness (QED) is 0.773. The van der Waals surface area contributed by atoms with Crippen LogP contribution < -0.4 is 4.90 Å². The number of ether oxygens (including phenoxy) is 1. The van der Waals surface area contributed by atoms with Crippen LogP contribution >= 0.6 is 0 Å². The van der Waals surface area contributed by atoms with Gasteiger partial charge in [-0.3, -0.25) is 4.79 Å². The fraction of sp³-hybridized carbons (Fsp3) is 0.500. The monoisotopic (exact) mass is 274 g/mol. The normalized spacial score (nSPS) is 14.5. The van der Waals surface area contributed by atoms with Gasteiger partial charge < -0.3 is 14.2 Å². The summed E-state index contributed by atoms with van der Waals surface area (Å²) in [4.78, 5) is 22.7. The first-order chi connectivity index (χ1) is 9.70. The Hall–Kier alpha value is -2.11. The molecule has 0 aromatic carbocycles. The van der Waals surface area contributed by atoms with Crippen LogP contribution in [0.15, 0.2) is 18.6 Å². The summed E-state index contributed by atoms with van der Waals surface area (Å²) in [6.07, 6.45) is 5.71. The van der Waals surface area contributed by atoms with Crippen LogP contribution in [0.25, 0.3) is 11.0 Å². The highest BCUT2D eigenvalue weighted by atomic mass is 16.5. The Morgan fingerprint density at radius 3 is 3.00 bits per heavy atom. The van der Waals surface area contributed by atoms with Gasteiger partial charge in [-0.25, -0.2) is 9.97 Å². The third-order valence-electron chi connectivity index (χ3n) is 3.49. The van der Waals surface area contributed by atoms with Crippen molar-refractivity contribution in [2.45, 2.75) is 25.8 Å². The molecule has 0 aliphatic heterocycles. The lowest BCUT2D eigenvalue weighted by atomic mass is 10.3. The minimum atomic E-state index is -0.214. The predicted octanol–water partition coefficient (Wildman–Crippen LogP) is 1.50. The fourth-order valence-corrected chi connectivity index (χ4v) is 2.37. The van der Waals surface area contributed by atoms with Crippen LogP contribution in [-0.4, -0.2) is 39.7 Å². The van der Waals surface area contributed by atoms with E-state index in [-0.39, 0.29) is 12.5 Å². The molecule has 0 unspecified atom stereocenters. The summed E-state index contributed by atoms with van der Waals surface area (Å²) in [6, 6.07) is 2.31. The molecule has 3 rings (SSSR count). The Bertz CT molecular complexity index is 633. The molecule has 0 amide bonds. The molecule has 1 saturated carbocycles. The predicted molar refractivity (Wildman–Crippen MR) is 75.5 cm³/mol. The average molecular weight is 274 g/mol. The largest absolute Gasteiger partial charge is 0.465 e. The Morgan fingerprint density at radius 1 is 1.50 bits per heavy atom. The van der Waals surface area contributed by atoms with Gasteiger partial charge in [0, 0.05) is 19.3 Å². The lowest BCUT2D eigenvalue weighted by Gasteiger charge is -2.22. The van der Waals surface area contributed by atoms with Crippen LogP contribution in [0.5, 0.6) is 0 Å². The minimum absolute atomic E-state index is 0.214. The van der Waals surface area contributed by atoms with Crippen LogP contribution in [0, 0.1) is 0 Å². The summed E-state index contributed by atoms with van der Waals surface area (Å²) in [5.41, 5.74) is 1.86. The fourth-order valence-electron chi connectivity index (χ4n) is 2.37. The number of esters is 1. The van der Waals surface area contributed by atoms with E-state index in [0.717, 1.165) is 29.7 Å². The summed E-state index contributed by atoms with van der Waals surface area (Å²) in [5, 5.41) is 0. The summed E-state index contributed by atoms with van der Waals surface area (Å²) < 4.78 is 7.01. The summed E-state index contributed by atoms with van der Waals surface area (Å²) >= 11 is 0. The van der Waals surface area contributed by atoms with Crippen LogP contribution in [0.4, 0.5) is 5.82 Å². The van der Waals surface area contributed by atoms with Crippen LogP contribution in [-0.2, 0) is 16.6 Å². The molecule has 0 radical (unpaired) electrons. The van der Waals surface area contributed by atoms with Crippen LogP contribution in [0.2, 0.25) is 0 Å². The van der Waals surface area contributed by atoms with Gasteiger partial charge >= 0.3 is 5.97 Å². The van der Waals surface area contributed by atoms with E-state index in [1.54, 1.807) is 12.5 Å². The SMILES string of the molecule is CCOC(=O)CN(c1nccc2c1ncn2C)C1CC1. The second kappa shape index (κ2) is 5.11. The van der Waals surface area contributed by atoms with E-state index in [0.29, 0.717) is 12.6 Å². The highest BCUT2D eigenvalue weighted by molar-refractivity contribution is 5.88. The lowest BCUT2D eigenvalue weighted by Crippen LogP contribution is -2.33. The zero-order valence-electron chi connectivity index (χ0n) is 11.7. The van der Waals surface area contributed by atoms with Gasteiger partial charge in [0.25, 0.3) is 0 Å². The number of aromatic nitrogens is 3. The van der Waals surface area contributed by atoms with Gasteiger partial charge in [0.1, 0.15) is 12.1 Å². The molecule has 0 spiro atoms. The highest BCUT2D eigenvalue weighted by Crippen LogP contribution is 2.33. The van der Waals surface area contributed by atoms with E-state index in [4.69, 9.17) is 4.74 Å². The van der Waals surface area contributed by atoms with Gasteiger partial charge in [-0.15, -0.1) is 0 Å². The van der Waals surface area contributed by atoms with Crippen molar-refractivity contribution in [1.82, 2.24) is 14.5 Å². The number of carbonyl (C=O) groups excluding carboxylic acids is 1. The Kier molecular flexibility index (Phi) is 3.30. The molecule has 6 heteroatoms. The Balaban J connectivity index is 1.95. The number of rotatable bonds is 5. The number of fused-ring (bicyclic) bond motifs is 1. The molecule has 0 atom stereocenters. The first-order valence-electron chi connectivity index (χ1n) is 6.89. The molecule has 2 heterocycles. The molecule has 1 fully saturated rings. The van der Waals surface area contributed by atoms with Gasteiger partial charge in [-0.2, -0.15) is 0 Å². The number of hydrogen-bond acceptors (Lipinski definition) is 5. The molecule has 6 nitrogen and oxygen atoms in total. The van der Waals surface area contributed by atoms with E-state index in [2.05, 4.69) is 9.97 Å². The van der Waals surface area contributed by atoms with Crippen LogP contribution in [0.3, 0.4) is 0 Å². The van der Waals surface area contributed by atoms with E-state index in [1.165, 1.54) is 0 Å². The third kappa shape index (κ3) is 2.33. The first kappa shape index (κ1) is 12.9. The van der Waals surface area contributed by atoms with E-state index in [9.17, 15) is 4.79 Å². The number of hydrogen-bond donors (Lipinski definition) is 0. The summed E-state index contributed by atoms with van der Waals surface area (Å²) in [7, 11) is 1.95. The molecule has 0 saturated heterocycles. The molecular weight excluding hydrogens is 256 g/mol.